The van der Waals surface area contributed by atoms with Crippen molar-refractivity contribution >= 4 is 5.97 Å². The Labute approximate surface area is 111 Å². The number of benzene rings is 1. The van der Waals surface area contributed by atoms with Gasteiger partial charge in [0.05, 0.1) is 13.3 Å². The Morgan fingerprint density at radius 1 is 1.47 bits per heavy atom. The number of aromatic nitrogens is 2. The van der Waals surface area contributed by atoms with Crippen molar-refractivity contribution in [2.45, 2.75) is 12.8 Å². The van der Waals surface area contributed by atoms with E-state index in [1.54, 1.807) is 18.0 Å². The molecule has 1 aromatic carbocycles. The minimum absolute atomic E-state index is 0.111. The second-order valence-electron chi connectivity index (χ2n) is 4.32. The number of rotatable bonds is 5. The molecule has 0 aliphatic rings. The van der Waals surface area contributed by atoms with Crippen molar-refractivity contribution in [3.63, 3.8) is 0 Å². The Morgan fingerprint density at radius 2 is 2.26 bits per heavy atom. The quantitative estimate of drug-likeness (QED) is 0.894. The molecule has 2 aromatic rings. The lowest BCUT2D eigenvalue weighted by atomic mass is 9.98. The molecular weight excluding hydrogens is 244 g/mol. The Bertz CT molecular complexity index is 590. The zero-order valence-corrected chi connectivity index (χ0v) is 11.0. The number of carboxylic acid groups (broad SMARTS) is 1. The van der Waals surface area contributed by atoms with E-state index in [-0.39, 0.29) is 6.42 Å². The topological polar surface area (TPSA) is 64.3 Å². The van der Waals surface area contributed by atoms with Crippen LogP contribution < -0.4 is 4.74 Å². The van der Waals surface area contributed by atoms with Crippen LogP contribution in [0.2, 0.25) is 0 Å². The molecule has 5 nitrogen and oxygen atoms in total. The highest BCUT2D eigenvalue weighted by Gasteiger charge is 2.10. The molecule has 0 aliphatic carbocycles. The maximum atomic E-state index is 10.7. The van der Waals surface area contributed by atoms with Crippen LogP contribution in [0.15, 0.2) is 30.6 Å². The zero-order valence-electron chi connectivity index (χ0n) is 11.0. The predicted molar refractivity (Wildman–Crippen MR) is 71.2 cm³/mol. The molecule has 2 rings (SSSR count). The molecule has 0 aliphatic heterocycles. The molecule has 0 fully saturated rings. The van der Waals surface area contributed by atoms with Crippen LogP contribution in [0.1, 0.15) is 12.0 Å². The van der Waals surface area contributed by atoms with Crippen molar-refractivity contribution < 1.29 is 14.6 Å². The summed E-state index contributed by atoms with van der Waals surface area (Å²) >= 11 is 0. The lowest BCUT2D eigenvalue weighted by Gasteiger charge is -2.09. The van der Waals surface area contributed by atoms with Crippen molar-refractivity contribution in [1.82, 2.24) is 9.78 Å². The van der Waals surface area contributed by atoms with Crippen LogP contribution in [0.25, 0.3) is 11.1 Å². The number of carbonyl (C=O) groups is 1. The standard InChI is InChI=1S/C14H16N2O3/c1-16-9-11(8-15-16)13-7-12(19-2)5-3-10(13)4-6-14(17)18/h3,5,7-9H,4,6H2,1-2H3,(H,17,18). The van der Waals surface area contributed by atoms with Crippen molar-refractivity contribution in [3.8, 4) is 16.9 Å². The molecule has 0 radical (unpaired) electrons. The highest BCUT2D eigenvalue weighted by molar-refractivity contribution is 5.71. The van der Waals surface area contributed by atoms with Crippen molar-refractivity contribution in [3.05, 3.63) is 36.2 Å². The average molecular weight is 260 g/mol. The number of carboxylic acids is 1. The summed E-state index contributed by atoms with van der Waals surface area (Å²) in [7, 11) is 3.46. The highest BCUT2D eigenvalue weighted by atomic mass is 16.5. The third kappa shape index (κ3) is 3.13. The maximum absolute atomic E-state index is 10.7. The van der Waals surface area contributed by atoms with E-state index in [2.05, 4.69) is 5.10 Å². The number of aryl methyl sites for hydroxylation is 2. The molecule has 1 heterocycles. The van der Waals surface area contributed by atoms with Crippen molar-refractivity contribution in [2.24, 2.45) is 7.05 Å². The molecule has 1 N–H and O–H groups in total. The van der Waals surface area contributed by atoms with Gasteiger partial charge in [-0.05, 0) is 29.7 Å². The van der Waals surface area contributed by atoms with Gasteiger partial charge in [0.15, 0.2) is 0 Å². The van der Waals surface area contributed by atoms with Gasteiger partial charge >= 0.3 is 5.97 Å². The van der Waals surface area contributed by atoms with Gasteiger partial charge in [-0.1, -0.05) is 6.07 Å². The Balaban J connectivity index is 2.39. The van der Waals surface area contributed by atoms with Gasteiger partial charge in [-0.3, -0.25) is 9.48 Å². The van der Waals surface area contributed by atoms with E-state index < -0.39 is 5.97 Å². The van der Waals surface area contributed by atoms with E-state index in [9.17, 15) is 4.79 Å². The van der Waals surface area contributed by atoms with Gasteiger partial charge in [0.25, 0.3) is 0 Å². The summed E-state index contributed by atoms with van der Waals surface area (Å²) in [6, 6.07) is 5.66. The molecule has 100 valence electrons. The molecule has 0 unspecified atom stereocenters. The van der Waals surface area contributed by atoms with Crippen LogP contribution >= 0.6 is 0 Å². The molecule has 19 heavy (non-hydrogen) atoms. The summed E-state index contributed by atoms with van der Waals surface area (Å²) in [5.41, 5.74) is 2.91. The fourth-order valence-corrected chi connectivity index (χ4v) is 1.97. The molecular formula is C14H16N2O3. The molecule has 0 saturated heterocycles. The first-order valence-electron chi connectivity index (χ1n) is 5.98. The van der Waals surface area contributed by atoms with Crippen LogP contribution in [0, 0.1) is 0 Å². The third-order valence-electron chi connectivity index (χ3n) is 2.94. The van der Waals surface area contributed by atoms with Crippen molar-refractivity contribution in [1.29, 1.82) is 0 Å². The Morgan fingerprint density at radius 3 is 2.84 bits per heavy atom. The number of ether oxygens (including phenoxy) is 1. The fourth-order valence-electron chi connectivity index (χ4n) is 1.97. The Hall–Kier alpha value is -2.30. The molecule has 0 amide bonds. The molecule has 5 heteroatoms. The van der Waals surface area contributed by atoms with E-state index in [0.717, 1.165) is 22.4 Å². The van der Waals surface area contributed by atoms with Gasteiger partial charge in [-0.2, -0.15) is 5.10 Å². The van der Waals surface area contributed by atoms with E-state index in [1.165, 1.54) is 0 Å². The average Bonchev–Trinajstić information content (AvgIpc) is 2.82. The number of hydrogen-bond donors (Lipinski definition) is 1. The van der Waals surface area contributed by atoms with Gasteiger partial charge in [-0.25, -0.2) is 0 Å². The van der Waals surface area contributed by atoms with Gasteiger partial charge in [0.1, 0.15) is 5.75 Å². The second-order valence-corrected chi connectivity index (χ2v) is 4.32. The van der Waals surface area contributed by atoms with Gasteiger partial charge in [0, 0.05) is 25.2 Å². The lowest BCUT2D eigenvalue weighted by molar-refractivity contribution is -0.136. The molecule has 0 spiro atoms. The largest absolute Gasteiger partial charge is 0.497 e. The van der Waals surface area contributed by atoms with Gasteiger partial charge in [-0.15, -0.1) is 0 Å². The lowest BCUT2D eigenvalue weighted by Crippen LogP contribution is -1.99. The van der Waals surface area contributed by atoms with Gasteiger partial charge < -0.3 is 9.84 Å². The number of nitrogens with zero attached hydrogens (tertiary/aromatic N) is 2. The Kier molecular flexibility index (Phi) is 3.85. The molecule has 0 atom stereocenters. The SMILES string of the molecule is COc1ccc(CCC(=O)O)c(-c2cnn(C)c2)c1. The summed E-state index contributed by atoms with van der Waals surface area (Å²) in [5, 5.41) is 12.9. The van der Waals surface area contributed by atoms with E-state index in [1.807, 2.05) is 31.4 Å². The third-order valence-corrected chi connectivity index (χ3v) is 2.94. The second kappa shape index (κ2) is 5.56. The van der Waals surface area contributed by atoms with Crippen LogP contribution in [0.3, 0.4) is 0 Å². The summed E-state index contributed by atoms with van der Waals surface area (Å²) < 4.78 is 6.94. The summed E-state index contributed by atoms with van der Waals surface area (Å²) in [5.74, 6) is -0.0501. The van der Waals surface area contributed by atoms with E-state index >= 15 is 0 Å². The molecule has 0 bridgehead atoms. The van der Waals surface area contributed by atoms with Crippen LogP contribution in [0.5, 0.6) is 5.75 Å². The van der Waals surface area contributed by atoms with Crippen LogP contribution in [0.4, 0.5) is 0 Å². The van der Waals surface area contributed by atoms with Crippen molar-refractivity contribution in [2.75, 3.05) is 7.11 Å². The first kappa shape index (κ1) is 13.1. The molecule has 1 aromatic heterocycles. The van der Waals surface area contributed by atoms with Gasteiger partial charge in [0.2, 0.25) is 0 Å². The highest BCUT2D eigenvalue weighted by Crippen LogP contribution is 2.28. The number of methoxy groups -OCH3 is 1. The van der Waals surface area contributed by atoms with Crippen LogP contribution in [-0.4, -0.2) is 28.0 Å². The number of hydrogen-bond acceptors (Lipinski definition) is 3. The molecule has 0 saturated carbocycles. The first-order chi connectivity index (χ1) is 9.10. The minimum atomic E-state index is -0.798. The summed E-state index contributed by atoms with van der Waals surface area (Å²) in [4.78, 5) is 10.7. The summed E-state index contributed by atoms with van der Waals surface area (Å²) in [6.07, 6.45) is 4.27. The van der Waals surface area contributed by atoms with Crippen LogP contribution in [-0.2, 0) is 18.3 Å². The van der Waals surface area contributed by atoms with E-state index in [4.69, 9.17) is 9.84 Å². The smallest absolute Gasteiger partial charge is 0.303 e. The monoisotopic (exact) mass is 260 g/mol. The zero-order chi connectivity index (χ0) is 13.8. The fraction of sp³-hybridized carbons (Fsp3) is 0.286. The predicted octanol–water partition coefficient (Wildman–Crippen LogP) is 2.11. The first-order valence-corrected chi connectivity index (χ1v) is 5.98. The van der Waals surface area contributed by atoms with E-state index in [0.29, 0.717) is 6.42 Å². The minimum Gasteiger partial charge on any atom is -0.497 e. The summed E-state index contributed by atoms with van der Waals surface area (Å²) in [6.45, 7) is 0. The number of aliphatic carboxylic acids is 1. The normalized spacial score (nSPS) is 10.4. The maximum Gasteiger partial charge on any atom is 0.303 e.